The van der Waals surface area contributed by atoms with E-state index in [-0.39, 0.29) is 23.9 Å². The Hall–Kier alpha value is -3.37. The van der Waals surface area contributed by atoms with E-state index in [0.717, 1.165) is 22.3 Å². The molecular formula is C31H36F3NO5S. The summed E-state index contributed by atoms with van der Waals surface area (Å²) in [6.45, 7) is 10.0. The van der Waals surface area contributed by atoms with Crippen LogP contribution < -0.4 is 10.1 Å². The molecule has 222 valence electrons. The van der Waals surface area contributed by atoms with Crippen LogP contribution in [0.3, 0.4) is 0 Å². The van der Waals surface area contributed by atoms with Crippen molar-refractivity contribution in [1.82, 2.24) is 5.32 Å². The molecule has 0 saturated heterocycles. The van der Waals surface area contributed by atoms with Gasteiger partial charge in [0.05, 0.1) is 5.75 Å². The fraction of sp³-hybridized carbons (Fsp3) is 0.387. The summed E-state index contributed by atoms with van der Waals surface area (Å²) < 4.78 is 76.0. The number of hydrogen-bond acceptors (Lipinski definition) is 4. The highest BCUT2D eigenvalue weighted by molar-refractivity contribution is 7.85. The maximum Gasteiger partial charge on any atom is 0.389 e. The topological polar surface area (TPSA) is 92.7 Å². The Morgan fingerprint density at radius 3 is 2.00 bits per heavy atom. The fourth-order valence-electron chi connectivity index (χ4n) is 4.58. The van der Waals surface area contributed by atoms with Gasteiger partial charge in [0.2, 0.25) is 0 Å². The minimum absolute atomic E-state index is 0.0246. The standard InChI is InChI=1S/C31H36F3NO5S/c1-20-18-26(19-21(2)28(20)23-10-12-25(13-11-23)30(3,4)5)40-27(14-15-31(32,33)34)22-6-8-24(9-7-22)29(36)35-16-17-41(37,38)39/h6-13,18-19,27H,14-17H2,1-5H3,(H,35,36)(H,37,38,39)/t27-/m0/s1. The maximum absolute atomic E-state index is 13.1. The Morgan fingerprint density at radius 2 is 1.51 bits per heavy atom. The fourth-order valence-corrected chi connectivity index (χ4v) is 4.94. The molecular weight excluding hydrogens is 555 g/mol. The molecule has 0 aliphatic rings. The van der Waals surface area contributed by atoms with Crippen LogP contribution in [0.5, 0.6) is 5.75 Å². The molecule has 3 aromatic carbocycles. The van der Waals surface area contributed by atoms with Crippen LogP contribution in [0.4, 0.5) is 13.2 Å². The Kier molecular flexibility index (Phi) is 9.92. The van der Waals surface area contributed by atoms with Gasteiger partial charge in [0.25, 0.3) is 16.0 Å². The van der Waals surface area contributed by atoms with Crippen LogP contribution in [-0.4, -0.2) is 37.4 Å². The monoisotopic (exact) mass is 591 g/mol. The number of aryl methyl sites for hydroxylation is 2. The number of hydrogen-bond donors (Lipinski definition) is 2. The SMILES string of the molecule is Cc1cc(O[C@@H](CCC(F)(F)F)c2ccc(C(=O)NCCS(=O)(=O)O)cc2)cc(C)c1-c1ccc(C(C)(C)C)cc1. The van der Waals surface area contributed by atoms with Crippen molar-refractivity contribution in [2.24, 2.45) is 0 Å². The molecule has 1 amide bonds. The number of benzene rings is 3. The number of ether oxygens (including phenoxy) is 1. The van der Waals surface area contributed by atoms with Crippen molar-refractivity contribution in [3.05, 3.63) is 88.5 Å². The van der Waals surface area contributed by atoms with E-state index >= 15 is 0 Å². The van der Waals surface area contributed by atoms with Crippen molar-refractivity contribution < 1.29 is 35.7 Å². The summed E-state index contributed by atoms with van der Waals surface area (Å²) in [7, 11) is -4.22. The Bertz CT molecular complexity index is 1440. The first kappa shape index (κ1) is 32.1. The highest BCUT2D eigenvalue weighted by Gasteiger charge is 2.30. The number of alkyl halides is 3. The van der Waals surface area contributed by atoms with Crippen LogP contribution in [0.25, 0.3) is 11.1 Å². The van der Waals surface area contributed by atoms with Crippen molar-refractivity contribution in [3.8, 4) is 16.9 Å². The summed E-state index contributed by atoms with van der Waals surface area (Å²) >= 11 is 0. The van der Waals surface area contributed by atoms with Gasteiger partial charge in [-0.05, 0) is 83.3 Å². The molecule has 2 N–H and O–H groups in total. The molecule has 0 bridgehead atoms. The summed E-state index contributed by atoms with van der Waals surface area (Å²) in [5, 5.41) is 2.37. The molecule has 0 radical (unpaired) electrons. The molecule has 0 spiro atoms. The van der Waals surface area contributed by atoms with Crippen molar-refractivity contribution in [3.63, 3.8) is 0 Å². The molecule has 0 aliphatic heterocycles. The van der Waals surface area contributed by atoms with Gasteiger partial charge in [0.1, 0.15) is 11.9 Å². The number of amides is 1. The first-order valence-electron chi connectivity index (χ1n) is 13.2. The Morgan fingerprint density at radius 1 is 0.951 bits per heavy atom. The molecule has 0 fully saturated rings. The average Bonchev–Trinajstić information content (AvgIpc) is 2.84. The van der Waals surface area contributed by atoms with Gasteiger partial charge in [0, 0.05) is 18.5 Å². The van der Waals surface area contributed by atoms with Crippen LogP contribution in [0, 0.1) is 13.8 Å². The molecule has 3 aromatic rings. The highest BCUT2D eigenvalue weighted by Crippen LogP contribution is 2.36. The lowest BCUT2D eigenvalue weighted by Crippen LogP contribution is -2.28. The predicted octanol–water partition coefficient (Wildman–Crippen LogP) is 7.35. The normalized spacial score (nSPS) is 13.1. The summed E-state index contributed by atoms with van der Waals surface area (Å²) in [5.41, 5.74) is 5.81. The number of carbonyl (C=O) groups is 1. The molecule has 0 aromatic heterocycles. The van der Waals surface area contributed by atoms with E-state index in [1.807, 2.05) is 26.0 Å². The Balaban J connectivity index is 1.83. The average molecular weight is 592 g/mol. The second-order valence-electron chi connectivity index (χ2n) is 11.2. The summed E-state index contributed by atoms with van der Waals surface area (Å²) in [6.07, 6.45) is -6.67. The lowest BCUT2D eigenvalue weighted by atomic mass is 9.85. The molecule has 3 rings (SSSR count). The minimum Gasteiger partial charge on any atom is -0.486 e. The smallest absolute Gasteiger partial charge is 0.389 e. The molecule has 0 heterocycles. The van der Waals surface area contributed by atoms with Gasteiger partial charge in [-0.3, -0.25) is 9.35 Å². The van der Waals surface area contributed by atoms with E-state index < -0.39 is 40.5 Å². The summed E-state index contributed by atoms with van der Waals surface area (Å²) in [4.78, 5) is 12.3. The molecule has 0 saturated carbocycles. The molecule has 1 atom stereocenters. The first-order valence-corrected chi connectivity index (χ1v) is 14.8. The van der Waals surface area contributed by atoms with Gasteiger partial charge in [-0.15, -0.1) is 0 Å². The van der Waals surface area contributed by atoms with E-state index in [1.54, 1.807) is 0 Å². The zero-order valence-corrected chi connectivity index (χ0v) is 24.6. The lowest BCUT2D eigenvalue weighted by Gasteiger charge is -2.23. The van der Waals surface area contributed by atoms with Gasteiger partial charge in [-0.2, -0.15) is 21.6 Å². The third kappa shape index (κ3) is 9.60. The predicted molar refractivity (Wildman–Crippen MR) is 154 cm³/mol. The quantitative estimate of drug-likeness (QED) is 0.241. The largest absolute Gasteiger partial charge is 0.486 e. The Labute approximate surface area is 239 Å². The number of carbonyl (C=O) groups excluding carboxylic acids is 1. The molecule has 0 aliphatic carbocycles. The molecule has 6 nitrogen and oxygen atoms in total. The van der Waals surface area contributed by atoms with E-state index in [2.05, 4.69) is 50.4 Å². The second kappa shape index (κ2) is 12.7. The van der Waals surface area contributed by atoms with Crippen LogP contribution in [0.15, 0.2) is 60.7 Å². The second-order valence-corrected chi connectivity index (χ2v) is 12.8. The number of rotatable bonds is 10. The third-order valence-corrected chi connectivity index (χ3v) is 7.42. The van der Waals surface area contributed by atoms with Crippen molar-refractivity contribution in [2.75, 3.05) is 12.3 Å². The molecule has 10 heteroatoms. The lowest BCUT2D eigenvalue weighted by molar-refractivity contribution is -0.139. The third-order valence-electron chi connectivity index (χ3n) is 6.70. The number of halogens is 3. The highest BCUT2D eigenvalue weighted by atomic mass is 32.2. The number of nitrogens with one attached hydrogen (secondary N) is 1. The van der Waals surface area contributed by atoms with Gasteiger partial charge in [-0.25, -0.2) is 0 Å². The van der Waals surface area contributed by atoms with Crippen molar-refractivity contribution >= 4 is 16.0 Å². The van der Waals surface area contributed by atoms with Crippen molar-refractivity contribution in [1.29, 1.82) is 0 Å². The molecule has 0 unspecified atom stereocenters. The van der Waals surface area contributed by atoms with Gasteiger partial charge >= 0.3 is 6.18 Å². The summed E-state index contributed by atoms with van der Waals surface area (Å²) in [6, 6.07) is 17.9. The van der Waals surface area contributed by atoms with Gasteiger partial charge < -0.3 is 10.1 Å². The van der Waals surface area contributed by atoms with E-state index in [9.17, 15) is 26.4 Å². The van der Waals surface area contributed by atoms with Gasteiger partial charge in [0.15, 0.2) is 0 Å². The zero-order valence-electron chi connectivity index (χ0n) is 23.8. The van der Waals surface area contributed by atoms with E-state index in [4.69, 9.17) is 9.29 Å². The zero-order chi connectivity index (χ0) is 30.6. The van der Waals surface area contributed by atoms with Crippen LogP contribution in [0.2, 0.25) is 0 Å². The molecule has 41 heavy (non-hydrogen) atoms. The first-order chi connectivity index (χ1) is 18.9. The minimum atomic E-state index is -4.37. The van der Waals surface area contributed by atoms with E-state index in [0.29, 0.717) is 11.3 Å². The van der Waals surface area contributed by atoms with E-state index in [1.165, 1.54) is 29.8 Å². The van der Waals surface area contributed by atoms with Crippen LogP contribution >= 0.6 is 0 Å². The van der Waals surface area contributed by atoms with Crippen LogP contribution in [0.1, 0.15) is 72.3 Å². The van der Waals surface area contributed by atoms with Crippen LogP contribution in [-0.2, 0) is 15.5 Å². The van der Waals surface area contributed by atoms with Crippen molar-refractivity contribution in [2.45, 2.75) is 65.2 Å². The summed E-state index contributed by atoms with van der Waals surface area (Å²) in [5.74, 6) is -0.774. The maximum atomic E-state index is 13.1. The van der Waals surface area contributed by atoms with Gasteiger partial charge in [-0.1, -0.05) is 57.2 Å².